The van der Waals surface area contributed by atoms with Gasteiger partial charge in [-0.3, -0.25) is 10.1 Å². The highest BCUT2D eigenvalue weighted by Crippen LogP contribution is 2.23. The Morgan fingerprint density at radius 3 is 2.41 bits per heavy atom. The molecule has 1 aliphatic heterocycles. The highest BCUT2D eigenvalue weighted by atomic mass is 32.1. The first-order valence-electron chi connectivity index (χ1n) is 8.37. The Morgan fingerprint density at radius 2 is 1.85 bits per heavy atom. The van der Waals surface area contributed by atoms with Crippen molar-refractivity contribution in [1.82, 2.24) is 4.90 Å². The first-order valence-corrected chi connectivity index (χ1v) is 8.77. The van der Waals surface area contributed by atoms with Gasteiger partial charge in [0.15, 0.2) is 5.11 Å². The van der Waals surface area contributed by atoms with Crippen LogP contribution in [0.25, 0.3) is 0 Å². The molecule has 1 saturated heterocycles. The van der Waals surface area contributed by atoms with Gasteiger partial charge < -0.3 is 19.9 Å². The minimum atomic E-state index is -0.429. The Balaban J connectivity index is 1.57. The Labute approximate surface area is 161 Å². The maximum atomic E-state index is 14.1. The van der Waals surface area contributed by atoms with Crippen LogP contribution in [0.5, 0.6) is 5.75 Å². The van der Waals surface area contributed by atoms with Crippen molar-refractivity contribution in [3.8, 4) is 5.75 Å². The highest BCUT2D eigenvalue weighted by Gasteiger charge is 2.20. The van der Waals surface area contributed by atoms with Gasteiger partial charge in [-0.25, -0.2) is 4.39 Å². The number of rotatable bonds is 4. The van der Waals surface area contributed by atoms with Crippen LogP contribution < -0.4 is 15.0 Å². The number of benzene rings is 2. The Bertz CT molecular complexity index is 839. The number of nitrogens with zero attached hydrogens (tertiary/aromatic N) is 3. The van der Waals surface area contributed by atoms with E-state index in [1.807, 2.05) is 4.90 Å². The molecule has 1 aliphatic rings. The molecule has 0 aromatic heterocycles. The Morgan fingerprint density at radius 1 is 1.19 bits per heavy atom. The predicted octanol–water partition coefficient (Wildman–Crippen LogP) is 3.26. The number of nitro groups is 1. The second-order valence-electron chi connectivity index (χ2n) is 6.02. The molecule has 2 aromatic rings. The summed E-state index contributed by atoms with van der Waals surface area (Å²) < 4.78 is 19.1. The normalized spacial score (nSPS) is 14.0. The molecule has 0 bridgehead atoms. The monoisotopic (exact) mass is 390 g/mol. The number of hydrogen-bond donors (Lipinski definition) is 1. The highest BCUT2D eigenvalue weighted by molar-refractivity contribution is 7.80. The van der Waals surface area contributed by atoms with Crippen molar-refractivity contribution >= 4 is 34.4 Å². The molecule has 0 spiro atoms. The van der Waals surface area contributed by atoms with Gasteiger partial charge in [0.2, 0.25) is 0 Å². The molecule has 1 heterocycles. The van der Waals surface area contributed by atoms with Crippen LogP contribution >= 0.6 is 12.2 Å². The molecular weight excluding hydrogens is 371 g/mol. The number of anilines is 2. The van der Waals surface area contributed by atoms with Crippen LogP contribution in [0.15, 0.2) is 42.5 Å². The van der Waals surface area contributed by atoms with Crippen molar-refractivity contribution in [3.63, 3.8) is 0 Å². The number of nitrogens with one attached hydrogen (secondary N) is 1. The van der Waals surface area contributed by atoms with Crippen LogP contribution in [-0.4, -0.2) is 48.2 Å². The zero-order valence-corrected chi connectivity index (χ0v) is 15.5. The summed E-state index contributed by atoms with van der Waals surface area (Å²) in [6.07, 6.45) is 0. The van der Waals surface area contributed by atoms with Crippen molar-refractivity contribution in [2.75, 3.05) is 43.5 Å². The van der Waals surface area contributed by atoms with Crippen LogP contribution in [0.2, 0.25) is 0 Å². The van der Waals surface area contributed by atoms with E-state index in [2.05, 4.69) is 10.2 Å². The van der Waals surface area contributed by atoms with E-state index in [0.29, 0.717) is 42.7 Å². The van der Waals surface area contributed by atoms with Crippen LogP contribution in [0.3, 0.4) is 0 Å². The average molecular weight is 390 g/mol. The van der Waals surface area contributed by atoms with Gasteiger partial charge in [-0.2, -0.15) is 0 Å². The number of nitro benzene ring substituents is 1. The van der Waals surface area contributed by atoms with Gasteiger partial charge in [0.1, 0.15) is 11.6 Å². The number of methoxy groups -OCH3 is 1. The largest absolute Gasteiger partial charge is 0.497 e. The van der Waals surface area contributed by atoms with Crippen molar-refractivity contribution in [2.24, 2.45) is 0 Å². The summed E-state index contributed by atoms with van der Waals surface area (Å²) in [5, 5.41) is 14.1. The average Bonchev–Trinajstić information content (AvgIpc) is 2.69. The minimum absolute atomic E-state index is 0.0734. The van der Waals surface area contributed by atoms with E-state index in [9.17, 15) is 14.5 Å². The number of thiocarbonyl (C=S) groups is 1. The number of piperazine rings is 1. The zero-order valence-electron chi connectivity index (χ0n) is 14.7. The second-order valence-corrected chi connectivity index (χ2v) is 6.41. The molecule has 9 heteroatoms. The second kappa shape index (κ2) is 8.17. The van der Waals surface area contributed by atoms with Gasteiger partial charge in [0, 0.05) is 50.1 Å². The van der Waals surface area contributed by atoms with Crippen molar-refractivity contribution < 1.29 is 14.1 Å². The molecule has 3 rings (SSSR count). The fraction of sp³-hybridized carbons (Fsp3) is 0.278. The minimum Gasteiger partial charge on any atom is -0.497 e. The van der Waals surface area contributed by atoms with Crippen LogP contribution in [0.1, 0.15) is 0 Å². The maximum Gasteiger partial charge on any atom is 0.269 e. The van der Waals surface area contributed by atoms with E-state index in [0.717, 1.165) is 5.69 Å². The molecule has 0 unspecified atom stereocenters. The van der Waals surface area contributed by atoms with Gasteiger partial charge in [0.05, 0.1) is 17.7 Å². The molecule has 0 atom stereocenters. The lowest BCUT2D eigenvalue weighted by Crippen LogP contribution is -2.50. The molecule has 2 aromatic carbocycles. The Kier molecular flexibility index (Phi) is 5.70. The SMILES string of the molecule is COc1ccc(NC(=S)N2CCN(c3ccc([N+](=O)[O-])cc3)CC2)c(F)c1. The summed E-state index contributed by atoms with van der Waals surface area (Å²) in [7, 11) is 1.48. The fourth-order valence-corrected chi connectivity index (χ4v) is 3.16. The van der Waals surface area contributed by atoms with Gasteiger partial charge in [0.25, 0.3) is 5.69 Å². The summed E-state index contributed by atoms with van der Waals surface area (Å²) in [6.45, 7) is 2.76. The van der Waals surface area contributed by atoms with Gasteiger partial charge in [-0.1, -0.05) is 0 Å². The van der Waals surface area contributed by atoms with Crippen molar-refractivity contribution in [3.05, 3.63) is 58.4 Å². The summed E-state index contributed by atoms with van der Waals surface area (Å²) in [5.74, 6) is 0.0156. The first kappa shape index (κ1) is 18.8. The third kappa shape index (κ3) is 4.43. The number of hydrogen-bond acceptors (Lipinski definition) is 5. The van der Waals surface area contributed by atoms with E-state index >= 15 is 0 Å². The topological polar surface area (TPSA) is 70.9 Å². The summed E-state index contributed by atoms with van der Waals surface area (Å²) >= 11 is 5.40. The molecule has 0 saturated carbocycles. The molecular formula is C18H19FN4O3S. The molecule has 1 N–H and O–H groups in total. The van der Waals surface area contributed by atoms with E-state index in [4.69, 9.17) is 17.0 Å². The van der Waals surface area contributed by atoms with Crippen LogP contribution in [0.4, 0.5) is 21.5 Å². The summed E-state index contributed by atoms with van der Waals surface area (Å²) in [6, 6.07) is 11.1. The maximum absolute atomic E-state index is 14.1. The van der Waals surface area contributed by atoms with Gasteiger partial charge >= 0.3 is 0 Å². The first-order chi connectivity index (χ1) is 13.0. The van der Waals surface area contributed by atoms with Crippen LogP contribution in [0, 0.1) is 15.9 Å². The van der Waals surface area contributed by atoms with Gasteiger partial charge in [-0.05, 0) is 36.5 Å². The van der Waals surface area contributed by atoms with E-state index < -0.39 is 10.7 Å². The van der Waals surface area contributed by atoms with Crippen molar-refractivity contribution in [2.45, 2.75) is 0 Å². The fourth-order valence-electron chi connectivity index (χ4n) is 2.87. The predicted molar refractivity (Wildman–Crippen MR) is 106 cm³/mol. The van der Waals surface area contributed by atoms with Crippen molar-refractivity contribution in [1.29, 1.82) is 0 Å². The van der Waals surface area contributed by atoms with E-state index in [-0.39, 0.29) is 5.69 Å². The number of ether oxygens (including phenoxy) is 1. The molecule has 1 fully saturated rings. The van der Waals surface area contributed by atoms with E-state index in [1.165, 1.54) is 25.3 Å². The smallest absolute Gasteiger partial charge is 0.269 e. The Hall–Kier alpha value is -2.94. The zero-order chi connectivity index (χ0) is 19.4. The third-order valence-corrected chi connectivity index (χ3v) is 4.77. The molecule has 27 heavy (non-hydrogen) atoms. The molecule has 142 valence electrons. The lowest BCUT2D eigenvalue weighted by atomic mass is 10.2. The molecule has 0 aliphatic carbocycles. The molecule has 0 radical (unpaired) electrons. The van der Waals surface area contributed by atoms with Crippen LogP contribution in [-0.2, 0) is 0 Å². The summed E-state index contributed by atoms with van der Waals surface area (Å²) in [5.41, 5.74) is 1.31. The lowest BCUT2D eigenvalue weighted by Gasteiger charge is -2.37. The van der Waals surface area contributed by atoms with E-state index in [1.54, 1.807) is 24.3 Å². The quantitative estimate of drug-likeness (QED) is 0.488. The molecule has 0 amide bonds. The lowest BCUT2D eigenvalue weighted by molar-refractivity contribution is -0.384. The summed E-state index contributed by atoms with van der Waals surface area (Å²) in [4.78, 5) is 14.4. The molecule has 7 nitrogen and oxygen atoms in total. The third-order valence-electron chi connectivity index (χ3n) is 4.41. The number of halogens is 1. The van der Waals surface area contributed by atoms with Gasteiger partial charge in [-0.15, -0.1) is 0 Å². The number of non-ortho nitro benzene ring substituents is 1. The standard InChI is InChI=1S/C18H19FN4O3S/c1-26-15-6-7-17(16(19)12-15)20-18(27)22-10-8-21(9-11-22)13-2-4-14(5-3-13)23(24)25/h2-7,12H,8-11H2,1H3,(H,20,27).